The van der Waals surface area contributed by atoms with Gasteiger partial charge >= 0.3 is 0 Å². The van der Waals surface area contributed by atoms with Crippen molar-refractivity contribution in [1.29, 1.82) is 5.26 Å². The van der Waals surface area contributed by atoms with E-state index < -0.39 is 21.6 Å². The topological polar surface area (TPSA) is 133 Å². The van der Waals surface area contributed by atoms with Crippen molar-refractivity contribution < 1.29 is 17.9 Å². The molecule has 1 atom stereocenters. The number of carbonyl (C=O) groups excluding carboxylic acids is 1. The zero-order valence-electron chi connectivity index (χ0n) is 18.8. The molecule has 1 unspecified atom stereocenters. The second-order valence-corrected chi connectivity index (χ2v) is 9.38. The summed E-state index contributed by atoms with van der Waals surface area (Å²) in [5.74, 6) is -0.432. The van der Waals surface area contributed by atoms with Crippen molar-refractivity contribution in [1.82, 2.24) is 5.32 Å². The van der Waals surface area contributed by atoms with E-state index in [0.29, 0.717) is 10.7 Å². The Morgan fingerprint density at radius 1 is 1.09 bits per heavy atom. The summed E-state index contributed by atoms with van der Waals surface area (Å²) in [5, 5.41) is 16.5. The lowest BCUT2D eigenvalue weighted by atomic mass is 10.1. The van der Waals surface area contributed by atoms with E-state index in [1.807, 2.05) is 30.3 Å². The summed E-state index contributed by atoms with van der Waals surface area (Å²) >= 11 is 5.84. The Balaban J connectivity index is 1.80. The van der Waals surface area contributed by atoms with Crippen LogP contribution >= 0.6 is 11.6 Å². The lowest BCUT2D eigenvalue weighted by Gasteiger charge is -2.14. The standard InChI is InChI=1S/C24H22ClN5O4S/c1-16(17-6-4-3-5-7-17)27-24(31)22(15-26)29-28-21-14-20(12-13-23(21)34-2)35(32,33)30-19-10-8-18(25)9-11-19/h3-14,16,28,30H,1-2H3,(H,27,31)/b29-22+. The number of nitrogens with zero attached hydrogens (tertiary/aromatic N) is 2. The molecular formula is C24H22ClN5O4S. The number of hydrazone groups is 1. The molecule has 0 aromatic heterocycles. The third-order valence-electron chi connectivity index (χ3n) is 4.83. The second kappa shape index (κ2) is 11.4. The molecule has 0 saturated heterocycles. The summed E-state index contributed by atoms with van der Waals surface area (Å²) in [5.41, 5.74) is 3.45. The highest BCUT2D eigenvalue weighted by Gasteiger charge is 2.19. The molecule has 0 fully saturated rings. The van der Waals surface area contributed by atoms with Crippen LogP contribution in [0.5, 0.6) is 5.75 Å². The number of benzene rings is 3. The van der Waals surface area contributed by atoms with Crippen LogP contribution in [0.3, 0.4) is 0 Å². The number of carbonyl (C=O) groups is 1. The largest absolute Gasteiger partial charge is 0.495 e. The molecule has 3 rings (SSSR count). The van der Waals surface area contributed by atoms with Crippen molar-refractivity contribution >= 4 is 44.6 Å². The van der Waals surface area contributed by atoms with E-state index in [1.165, 1.54) is 37.4 Å². The Hall–Kier alpha value is -4.07. The molecular weight excluding hydrogens is 490 g/mol. The number of rotatable bonds is 9. The van der Waals surface area contributed by atoms with Gasteiger partial charge in [0, 0.05) is 10.7 Å². The molecule has 0 spiro atoms. The van der Waals surface area contributed by atoms with E-state index in [1.54, 1.807) is 25.1 Å². The van der Waals surface area contributed by atoms with Crippen molar-refractivity contribution in [2.75, 3.05) is 17.3 Å². The zero-order chi connectivity index (χ0) is 25.4. The van der Waals surface area contributed by atoms with Gasteiger partial charge in [-0.25, -0.2) is 8.42 Å². The number of ether oxygens (including phenoxy) is 1. The smallest absolute Gasteiger partial charge is 0.283 e. The molecule has 0 heterocycles. The highest BCUT2D eigenvalue weighted by atomic mass is 35.5. The SMILES string of the molecule is COc1ccc(S(=O)(=O)Nc2ccc(Cl)cc2)cc1N/N=C(\C#N)C(=O)NC(C)c1ccccc1. The van der Waals surface area contributed by atoms with Crippen molar-refractivity contribution in [2.24, 2.45) is 5.10 Å². The van der Waals surface area contributed by atoms with E-state index in [-0.39, 0.29) is 22.4 Å². The summed E-state index contributed by atoms with van der Waals surface area (Å²) in [6.45, 7) is 1.78. The Labute approximate surface area is 208 Å². The predicted molar refractivity (Wildman–Crippen MR) is 135 cm³/mol. The number of sulfonamides is 1. The highest BCUT2D eigenvalue weighted by molar-refractivity contribution is 7.92. The number of hydrogen-bond acceptors (Lipinski definition) is 7. The van der Waals surface area contributed by atoms with Crippen LogP contribution in [0.1, 0.15) is 18.5 Å². The molecule has 35 heavy (non-hydrogen) atoms. The zero-order valence-corrected chi connectivity index (χ0v) is 20.4. The molecule has 11 heteroatoms. The van der Waals surface area contributed by atoms with Crippen LogP contribution in [-0.2, 0) is 14.8 Å². The molecule has 0 aliphatic rings. The minimum absolute atomic E-state index is 0.0911. The van der Waals surface area contributed by atoms with Crippen LogP contribution in [0.25, 0.3) is 0 Å². The van der Waals surface area contributed by atoms with Gasteiger partial charge in [0.15, 0.2) is 0 Å². The fourth-order valence-corrected chi connectivity index (χ4v) is 4.22. The normalized spacial score (nSPS) is 12.2. The fraction of sp³-hybridized carbons (Fsp3) is 0.125. The number of halogens is 1. The number of nitriles is 1. The summed E-state index contributed by atoms with van der Waals surface area (Å²) in [7, 11) is -2.57. The Morgan fingerprint density at radius 3 is 2.40 bits per heavy atom. The number of nitrogens with one attached hydrogen (secondary N) is 3. The van der Waals surface area contributed by atoms with Gasteiger partial charge in [-0.1, -0.05) is 41.9 Å². The molecule has 0 saturated carbocycles. The molecule has 3 N–H and O–H groups in total. The second-order valence-electron chi connectivity index (χ2n) is 7.26. The van der Waals surface area contributed by atoms with Gasteiger partial charge in [-0.3, -0.25) is 14.9 Å². The molecule has 0 radical (unpaired) electrons. The first-order valence-electron chi connectivity index (χ1n) is 10.3. The van der Waals surface area contributed by atoms with Gasteiger partial charge < -0.3 is 10.1 Å². The third-order valence-corrected chi connectivity index (χ3v) is 6.46. The molecule has 0 bridgehead atoms. The average molecular weight is 512 g/mol. The first kappa shape index (κ1) is 25.6. The molecule has 9 nitrogen and oxygen atoms in total. The lowest BCUT2D eigenvalue weighted by molar-refractivity contribution is -0.115. The van der Waals surface area contributed by atoms with Gasteiger partial charge in [-0.15, -0.1) is 0 Å². The van der Waals surface area contributed by atoms with Crippen molar-refractivity contribution in [2.45, 2.75) is 17.9 Å². The Bertz CT molecular complexity index is 1370. The van der Waals surface area contributed by atoms with Crippen LogP contribution in [0, 0.1) is 11.3 Å². The van der Waals surface area contributed by atoms with Crippen LogP contribution < -0.4 is 20.2 Å². The molecule has 3 aromatic carbocycles. The van der Waals surface area contributed by atoms with E-state index in [0.717, 1.165) is 5.56 Å². The Morgan fingerprint density at radius 2 is 1.77 bits per heavy atom. The number of methoxy groups -OCH3 is 1. The van der Waals surface area contributed by atoms with Gasteiger partial charge in [-0.2, -0.15) is 10.4 Å². The first-order chi connectivity index (χ1) is 16.7. The predicted octanol–water partition coefficient (Wildman–Crippen LogP) is 4.32. The van der Waals surface area contributed by atoms with Crippen LogP contribution in [0.4, 0.5) is 11.4 Å². The number of amides is 1. The van der Waals surface area contributed by atoms with E-state index in [9.17, 15) is 18.5 Å². The number of anilines is 2. The minimum atomic E-state index is -3.96. The van der Waals surface area contributed by atoms with Gasteiger partial charge in [0.2, 0.25) is 5.71 Å². The maximum absolute atomic E-state index is 12.8. The van der Waals surface area contributed by atoms with Crippen molar-refractivity contribution in [3.05, 3.63) is 83.4 Å². The summed E-state index contributed by atoms with van der Waals surface area (Å²) in [4.78, 5) is 12.4. The summed E-state index contributed by atoms with van der Waals surface area (Å²) in [6.07, 6.45) is 0. The molecule has 1 amide bonds. The van der Waals surface area contributed by atoms with E-state index in [4.69, 9.17) is 16.3 Å². The van der Waals surface area contributed by atoms with Gasteiger partial charge in [0.05, 0.1) is 23.7 Å². The molecule has 180 valence electrons. The van der Waals surface area contributed by atoms with Gasteiger partial charge in [0.25, 0.3) is 15.9 Å². The molecule has 0 aliphatic carbocycles. The minimum Gasteiger partial charge on any atom is -0.495 e. The van der Waals surface area contributed by atoms with Gasteiger partial charge in [0.1, 0.15) is 11.8 Å². The monoisotopic (exact) mass is 511 g/mol. The van der Waals surface area contributed by atoms with Crippen molar-refractivity contribution in [3.63, 3.8) is 0 Å². The van der Waals surface area contributed by atoms with Gasteiger partial charge in [-0.05, 0) is 55.0 Å². The summed E-state index contributed by atoms with van der Waals surface area (Å²) in [6, 6.07) is 20.9. The van der Waals surface area contributed by atoms with E-state index in [2.05, 4.69) is 20.6 Å². The quantitative estimate of drug-likeness (QED) is 0.289. The van der Waals surface area contributed by atoms with E-state index >= 15 is 0 Å². The Kier molecular flexibility index (Phi) is 8.30. The highest BCUT2D eigenvalue weighted by Crippen LogP contribution is 2.29. The van der Waals surface area contributed by atoms with Crippen molar-refractivity contribution in [3.8, 4) is 11.8 Å². The molecule has 0 aliphatic heterocycles. The third kappa shape index (κ3) is 6.72. The summed E-state index contributed by atoms with van der Waals surface area (Å²) < 4.78 is 33.4. The average Bonchev–Trinajstić information content (AvgIpc) is 2.86. The fourth-order valence-electron chi connectivity index (χ4n) is 3.01. The van der Waals surface area contributed by atoms with Crippen LogP contribution in [0.15, 0.2) is 82.8 Å². The first-order valence-corrected chi connectivity index (χ1v) is 12.2. The van der Waals surface area contributed by atoms with Crippen LogP contribution in [-0.4, -0.2) is 27.1 Å². The van der Waals surface area contributed by atoms with Crippen LogP contribution in [0.2, 0.25) is 5.02 Å². The maximum Gasteiger partial charge on any atom is 0.283 e. The number of hydrogen-bond donors (Lipinski definition) is 3. The molecule has 3 aromatic rings. The lowest BCUT2D eigenvalue weighted by Crippen LogP contribution is -2.33. The maximum atomic E-state index is 12.8.